The van der Waals surface area contributed by atoms with Crippen molar-refractivity contribution < 1.29 is 13.5 Å². The van der Waals surface area contributed by atoms with Crippen LogP contribution in [0.5, 0.6) is 5.75 Å². The molecule has 0 aliphatic carbocycles. The molecular weight excluding hydrogens is 395 g/mol. The Balaban J connectivity index is 1.68. The van der Waals surface area contributed by atoms with Crippen molar-refractivity contribution in [2.24, 2.45) is 4.99 Å². The summed E-state index contributed by atoms with van der Waals surface area (Å²) in [5, 5.41) is 6.53. The van der Waals surface area contributed by atoms with Gasteiger partial charge in [-0.05, 0) is 70.0 Å². The monoisotopic (exact) mass is 424 g/mol. The minimum Gasteiger partial charge on any atom is -0.491 e. The summed E-state index contributed by atoms with van der Waals surface area (Å²) in [6, 6.07) is 14.4. The summed E-state index contributed by atoms with van der Waals surface area (Å²) < 4.78 is 25.2. The number of ether oxygens (including phenoxy) is 1. The molecule has 0 unspecified atom stereocenters. The fourth-order valence-corrected chi connectivity index (χ4v) is 2.94. The maximum atomic E-state index is 13.9. The summed E-state index contributed by atoms with van der Waals surface area (Å²) in [5.74, 6) is 2.49. The molecule has 0 fully saturated rings. The predicted molar refractivity (Wildman–Crippen MR) is 121 cm³/mol. The third kappa shape index (κ3) is 6.84. The first-order valence-corrected chi connectivity index (χ1v) is 10.4. The number of hydrogen-bond acceptors (Lipinski definition) is 4. The number of benzene rings is 2. The minimum absolute atomic E-state index is 0.115. The van der Waals surface area contributed by atoms with E-state index >= 15 is 0 Å². The van der Waals surface area contributed by atoms with E-state index in [4.69, 9.17) is 9.15 Å². The number of nitrogens with one attached hydrogen (secondary N) is 2. The number of hydrogen-bond donors (Lipinski definition) is 2. The Morgan fingerprint density at radius 2 is 1.87 bits per heavy atom. The van der Waals surface area contributed by atoms with Crippen molar-refractivity contribution in [1.82, 2.24) is 10.3 Å². The average Bonchev–Trinajstić information content (AvgIpc) is 3.06. The molecule has 0 spiro atoms. The Bertz CT molecular complexity index is 993. The van der Waals surface area contributed by atoms with Gasteiger partial charge >= 0.3 is 0 Å². The molecule has 1 aromatic heterocycles. The molecule has 0 aliphatic rings. The van der Waals surface area contributed by atoms with Gasteiger partial charge in [-0.3, -0.25) is 0 Å². The second kappa shape index (κ2) is 10.6. The normalized spacial score (nSPS) is 11.6. The molecule has 31 heavy (non-hydrogen) atoms. The van der Waals surface area contributed by atoms with Crippen molar-refractivity contribution >= 4 is 11.6 Å². The van der Waals surface area contributed by atoms with Crippen LogP contribution in [0.15, 0.2) is 57.9 Å². The van der Waals surface area contributed by atoms with E-state index in [1.165, 1.54) is 6.07 Å². The van der Waals surface area contributed by atoms with Crippen LogP contribution in [0.4, 0.5) is 10.1 Å². The zero-order valence-electron chi connectivity index (χ0n) is 18.4. The van der Waals surface area contributed by atoms with Crippen molar-refractivity contribution in [3.05, 3.63) is 77.3 Å². The zero-order valence-corrected chi connectivity index (χ0v) is 18.4. The van der Waals surface area contributed by atoms with Gasteiger partial charge in [0.1, 0.15) is 23.9 Å². The lowest BCUT2D eigenvalue weighted by molar-refractivity contribution is 0.242. The van der Waals surface area contributed by atoms with Crippen LogP contribution in [0, 0.1) is 19.7 Å². The van der Waals surface area contributed by atoms with Gasteiger partial charge in [-0.2, -0.15) is 0 Å². The molecule has 3 rings (SSSR count). The fraction of sp³-hybridized carbons (Fsp3) is 0.333. The molecule has 0 radical (unpaired) electrons. The first-order chi connectivity index (χ1) is 14.9. The molecular formula is C24H29FN4O2. The topological polar surface area (TPSA) is 71.7 Å². The summed E-state index contributed by atoms with van der Waals surface area (Å²) in [6.07, 6.45) is 0.648. The van der Waals surface area contributed by atoms with Gasteiger partial charge in [-0.25, -0.2) is 14.4 Å². The van der Waals surface area contributed by atoms with Crippen LogP contribution in [0.2, 0.25) is 0 Å². The Morgan fingerprint density at radius 1 is 1.13 bits per heavy atom. The van der Waals surface area contributed by atoms with E-state index in [2.05, 4.69) is 20.6 Å². The van der Waals surface area contributed by atoms with E-state index < -0.39 is 0 Å². The molecule has 1 heterocycles. The van der Waals surface area contributed by atoms with E-state index in [1.807, 2.05) is 58.0 Å². The van der Waals surface area contributed by atoms with Gasteiger partial charge in [-0.15, -0.1) is 0 Å². The van der Waals surface area contributed by atoms with Crippen molar-refractivity contribution in [3.63, 3.8) is 0 Å². The highest BCUT2D eigenvalue weighted by atomic mass is 19.1. The number of aromatic nitrogens is 1. The van der Waals surface area contributed by atoms with E-state index in [0.29, 0.717) is 30.4 Å². The van der Waals surface area contributed by atoms with E-state index in [1.54, 1.807) is 12.1 Å². The van der Waals surface area contributed by atoms with Crippen LogP contribution < -0.4 is 15.4 Å². The molecule has 7 heteroatoms. The molecule has 0 atom stereocenters. The third-order valence-electron chi connectivity index (χ3n) is 4.58. The number of rotatable bonds is 8. The van der Waals surface area contributed by atoms with Crippen LogP contribution in [-0.2, 0) is 13.0 Å². The van der Waals surface area contributed by atoms with Gasteiger partial charge in [0.2, 0.25) is 5.89 Å². The number of nitrogens with zero attached hydrogens (tertiary/aromatic N) is 2. The molecule has 0 saturated heterocycles. The van der Waals surface area contributed by atoms with Crippen LogP contribution in [0.25, 0.3) is 0 Å². The molecule has 0 amide bonds. The van der Waals surface area contributed by atoms with Crippen LogP contribution in [0.1, 0.15) is 36.8 Å². The van der Waals surface area contributed by atoms with Gasteiger partial charge in [0.25, 0.3) is 0 Å². The second-order valence-electron chi connectivity index (χ2n) is 7.50. The molecule has 2 N–H and O–H groups in total. The van der Waals surface area contributed by atoms with Crippen LogP contribution in [0.3, 0.4) is 0 Å². The highest BCUT2D eigenvalue weighted by Crippen LogP contribution is 2.17. The van der Waals surface area contributed by atoms with Crippen molar-refractivity contribution in [2.75, 3.05) is 11.9 Å². The number of aryl methyl sites for hydroxylation is 2. The first kappa shape index (κ1) is 22.3. The molecule has 0 aliphatic heterocycles. The van der Waals surface area contributed by atoms with E-state index in [0.717, 1.165) is 22.9 Å². The van der Waals surface area contributed by atoms with Gasteiger partial charge in [-0.1, -0.05) is 18.2 Å². The number of oxazole rings is 1. The molecule has 2 aromatic carbocycles. The second-order valence-corrected chi connectivity index (χ2v) is 7.50. The summed E-state index contributed by atoms with van der Waals surface area (Å²) in [5.41, 5.74) is 2.37. The van der Waals surface area contributed by atoms with E-state index in [-0.39, 0.29) is 18.5 Å². The van der Waals surface area contributed by atoms with Gasteiger partial charge in [0.05, 0.1) is 11.8 Å². The van der Waals surface area contributed by atoms with Crippen molar-refractivity contribution in [1.29, 1.82) is 0 Å². The highest BCUT2D eigenvalue weighted by Gasteiger charge is 2.07. The SMILES string of the molecule is Cc1nc(CN=C(NCCc2ccccc2F)Nc2ccc(OC(C)C)cc2)oc1C. The summed E-state index contributed by atoms with van der Waals surface area (Å²) in [7, 11) is 0. The van der Waals surface area contributed by atoms with Crippen LogP contribution in [-0.4, -0.2) is 23.6 Å². The maximum Gasteiger partial charge on any atom is 0.216 e. The van der Waals surface area contributed by atoms with Gasteiger partial charge in [0, 0.05) is 12.2 Å². The number of guanidine groups is 1. The van der Waals surface area contributed by atoms with Gasteiger partial charge in [0.15, 0.2) is 5.96 Å². The van der Waals surface area contributed by atoms with Gasteiger partial charge < -0.3 is 19.8 Å². The largest absolute Gasteiger partial charge is 0.491 e. The van der Waals surface area contributed by atoms with Crippen LogP contribution >= 0.6 is 0 Å². The molecule has 3 aromatic rings. The van der Waals surface area contributed by atoms with E-state index in [9.17, 15) is 4.39 Å². The Kier molecular flexibility index (Phi) is 7.65. The summed E-state index contributed by atoms with van der Waals surface area (Å²) in [4.78, 5) is 8.95. The van der Waals surface area contributed by atoms with Crippen molar-refractivity contribution in [3.8, 4) is 5.75 Å². The summed E-state index contributed by atoms with van der Waals surface area (Å²) in [6.45, 7) is 8.56. The number of anilines is 1. The Hall–Kier alpha value is -3.35. The van der Waals surface area contributed by atoms with Crippen molar-refractivity contribution in [2.45, 2.75) is 46.8 Å². The Labute approximate surface area is 182 Å². The number of halogens is 1. The molecule has 0 bridgehead atoms. The quantitative estimate of drug-likeness (QED) is 0.393. The lowest BCUT2D eigenvalue weighted by atomic mass is 10.1. The molecule has 0 saturated carbocycles. The standard InChI is InChI=1S/C24H29FN4O2/c1-16(2)30-21-11-9-20(10-12-21)29-24(27-15-23-28-17(3)18(4)31-23)26-14-13-19-7-5-6-8-22(19)25/h5-12,16H,13-15H2,1-4H3,(H2,26,27,29). The minimum atomic E-state index is -0.206. The molecule has 6 nitrogen and oxygen atoms in total. The predicted octanol–water partition coefficient (Wildman–Crippen LogP) is 5.02. The lowest BCUT2D eigenvalue weighted by Gasteiger charge is -2.14. The first-order valence-electron chi connectivity index (χ1n) is 10.4. The molecule has 164 valence electrons. The Morgan fingerprint density at radius 3 is 2.52 bits per heavy atom. The zero-order chi connectivity index (χ0) is 22.2. The summed E-state index contributed by atoms with van der Waals surface area (Å²) >= 11 is 0. The third-order valence-corrected chi connectivity index (χ3v) is 4.58. The highest BCUT2D eigenvalue weighted by molar-refractivity contribution is 5.93. The fourth-order valence-electron chi connectivity index (χ4n) is 2.94. The lowest BCUT2D eigenvalue weighted by Crippen LogP contribution is -2.32. The maximum absolute atomic E-state index is 13.9. The number of aliphatic imine (C=N–C) groups is 1. The average molecular weight is 425 g/mol. The smallest absolute Gasteiger partial charge is 0.216 e.